The van der Waals surface area contributed by atoms with E-state index < -0.39 is 0 Å². The van der Waals surface area contributed by atoms with Gasteiger partial charge in [-0.25, -0.2) is 4.79 Å². The van der Waals surface area contributed by atoms with Crippen LogP contribution in [-0.4, -0.2) is 13.0 Å². The minimum absolute atomic E-state index is 0.691. The number of hydrogen-bond donors (Lipinski definition) is 1. The molecule has 0 heterocycles. The molecular weight excluding hydrogens is 126 g/mol. The molecule has 0 bridgehead atoms. The molecule has 0 radical (unpaired) electrons. The van der Waals surface area contributed by atoms with Crippen LogP contribution in [-0.2, 0) is 4.79 Å². The topological polar surface area (TPSA) is 29.1 Å². The van der Waals surface area contributed by atoms with Gasteiger partial charge in [0.05, 0.1) is 5.57 Å². The molecule has 0 atom stereocenters. The second-order valence-electron chi connectivity index (χ2n) is 2.04. The molecule has 0 aromatic heterocycles. The van der Waals surface area contributed by atoms with Crippen LogP contribution in [0.15, 0.2) is 29.5 Å². The Bertz CT molecular complexity index is 232. The molecule has 2 nitrogen and oxygen atoms in total. The standard InChI is InChI=1S/C8H9NO/c1-9-8-5-3-2-4-7(8)6-10/h2-3,5,9H,4H2,1H3. The largest absolute Gasteiger partial charge is 0.387 e. The molecule has 1 aliphatic rings. The van der Waals surface area contributed by atoms with Gasteiger partial charge in [-0.15, -0.1) is 0 Å². The van der Waals surface area contributed by atoms with Crippen LogP contribution in [0.2, 0.25) is 0 Å². The second-order valence-corrected chi connectivity index (χ2v) is 2.04. The SMILES string of the molecule is CNC1=CC=CCC1=C=O. The van der Waals surface area contributed by atoms with Crippen LogP contribution in [0.4, 0.5) is 0 Å². The van der Waals surface area contributed by atoms with Crippen LogP contribution in [0.25, 0.3) is 0 Å². The van der Waals surface area contributed by atoms with Crippen molar-refractivity contribution in [3.05, 3.63) is 29.5 Å². The van der Waals surface area contributed by atoms with Crippen molar-refractivity contribution in [3.63, 3.8) is 0 Å². The van der Waals surface area contributed by atoms with Gasteiger partial charge in [-0.05, 0) is 6.08 Å². The fourth-order valence-electron chi connectivity index (χ4n) is 0.892. The van der Waals surface area contributed by atoms with Crippen molar-refractivity contribution >= 4 is 5.94 Å². The first-order valence-electron chi connectivity index (χ1n) is 3.17. The zero-order valence-electron chi connectivity index (χ0n) is 5.85. The zero-order valence-corrected chi connectivity index (χ0v) is 5.85. The molecule has 0 amide bonds. The summed E-state index contributed by atoms with van der Waals surface area (Å²) in [6.45, 7) is 0. The first-order valence-corrected chi connectivity index (χ1v) is 3.17. The Morgan fingerprint density at radius 2 is 2.50 bits per heavy atom. The number of hydrogen-bond acceptors (Lipinski definition) is 2. The lowest BCUT2D eigenvalue weighted by Gasteiger charge is -2.07. The van der Waals surface area contributed by atoms with Gasteiger partial charge in [-0.2, -0.15) is 0 Å². The average molecular weight is 135 g/mol. The van der Waals surface area contributed by atoms with Crippen LogP contribution >= 0.6 is 0 Å². The maximum absolute atomic E-state index is 10.3. The second kappa shape index (κ2) is 3.04. The highest BCUT2D eigenvalue weighted by Crippen LogP contribution is 2.12. The van der Waals surface area contributed by atoms with E-state index in [0.717, 1.165) is 5.70 Å². The van der Waals surface area contributed by atoms with Crippen LogP contribution in [0.5, 0.6) is 0 Å². The Hall–Kier alpha value is -1.27. The predicted molar refractivity (Wildman–Crippen MR) is 40.1 cm³/mol. The number of likely N-dealkylation sites (N-methyl/N-ethyl adjacent to an activating group) is 1. The molecule has 0 spiro atoms. The summed E-state index contributed by atoms with van der Waals surface area (Å²) in [4.78, 5) is 10.3. The maximum Gasteiger partial charge on any atom is 0.130 e. The lowest BCUT2D eigenvalue weighted by molar-refractivity contribution is 0.566. The molecule has 52 valence electrons. The van der Waals surface area contributed by atoms with Crippen LogP contribution < -0.4 is 5.32 Å². The Balaban J connectivity index is 2.91. The van der Waals surface area contributed by atoms with E-state index in [1.54, 1.807) is 7.05 Å². The van der Waals surface area contributed by atoms with Gasteiger partial charge in [0.15, 0.2) is 0 Å². The van der Waals surface area contributed by atoms with E-state index in [-0.39, 0.29) is 0 Å². The highest BCUT2D eigenvalue weighted by atomic mass is 16.1. The third-order valence-electron chi connectivity index (χ3n) is 1.44. The third-order valence-corrected chi connectivity index (χ3v) is 1.44. The van der Waals surface area contributed by atoms with Crippen molar-refractivity contribution in [1.82, 2.24) is 5.32 Å². The third kappa shape index (κ3) is 1.17. The first-order chi connectivity index (χ1) is 4.88. The lowest BCUT2D eigenvalue weighted by atomic mass is 10.1. The molecule has 1 N–H and O–H groups in total. The average Bonchev–Trinajstić information content (AvgIpc) is 2.04. The fourth-order valence-corrected chi connectivity index (χ4v) is 0.892. The van der Waals surface area contributed by atoms with Gasteiger partial charge in [0, 0.05) is 19.2 Å². The Morgan fingerprint density at radius 1 is 1.70 bits per heavy atom. The summed E-state index contributed by atoms with van der Waals surface area (Å²) in [5.74, 6) is 1.89. The quantitative estimate of drug-likeness (QED) is 0.539. The predicted octanol–water partition coefficient (Wildman–Crippen LogP) is 0.808. The van der Waals surface area contributed by atoms with Gasteiger partial charge in [0.25, 0.3) is 0 Å². The van der Waals surface area contributed by atoms with E-state index in [1.807, 2.05) is 24.2 Å². The fraction of sp³-hybridized carbons (Fsp3) is 0.250. The van der Waals surface area contributed by atoms with Gasteiger partial charge < -0.3 is 5.32 Å². The van der Waals surface area contributed by atoms with Crippen LogP contribution in [0.3, 0.4) is 0 Å². The molecule has 0 aromatic rings. The van der Waals surface area contributed by atoms with Gasteiger partial charge in [-0.1, -0.05) is 12.2 Å². The summed E-state index contributed by atoms with van der Waals surface area (Å²) in [6, 6.07) is 0. The smallest absolute Gasteiger partial charge is 0.130 e. The van der Waals surface area contributed by atoms with Crippen LogP contribution in [0, 0.1) is 0 Å². The van der Waals surface area contributed by atoms with Gasteiger partial charge in [-0.3, -0.25) is 0 Å². The first kappa shape index (κ1) is 6.84. The Morgan fingerprint density at radius 3 is 3.00 bits per heavy atom. The summed E-state index contributed by atoms with van der Waals surface area (Å²) in [6.07, 6.45) is 6.41. The van der Waals surface area contributed by atoms with E-state index >= 15 is 0 Å². The molecule has 1 rings (SSSR count). The molecule has 0 aliphatic heterocycles. The highest BCUT2D eigenvalue weighted by molar-refractivity contribution is 5.62. The Kier molecular flexibility index (Phi) is 2.08. The molecule has 2 heteroatoms. The molecular formula is C8H9NO. The minimum atomic E-state index is 0.691. The normalized spacial score (nSPS) is 16.1. The Labute approximate surface area is 59.9 Å². The summed E-state index contributed by atoms with van der Waals surface area (Å²) in [5, 5.41) is 2.92. The van der Waals surface area contributed by atoms with Gasteiger partial charge >= 0.3 is 0 Å². The monoisotopic (exact) mass is 135 g/mol. The van der Waals surface area contributed by atoms with Gasteiger partial charge in [0.2, 0.25) is 0 Å². The van der Waals surface area contributed by atoms with E-state index in [4.69, 9.17) is 0 Å². The number of carbonyl (C=O) groups excluding carboxylic acids is 1. The summed E-state index contributed by atoms with van der Waals surface area (Å²) in [7, 11) is 1.79. The molecule has 0 saturated heterocycles. The number of rotatable bonds is 1. The zero-order chi connectivity index (χ0) is 7.40. The van der Waals surface area contributed by atoms with E-state index in [2.05, 4.69) is 5.32 Å². The van der Waals surface area contributed by atoms with Crippen LogP contribution in [0.1, 0.15) is 6.42 Å². The van der Waals surface area contributed by atoms with Crippen molar-refractivity contribution in [2.75, 3.05) is 7.05 Å². The lowest BCUT2D eigenvalue weighted by Crippen LogP contribution is -2.09. The molecule has 1 aliphatic carbocycles. The molecule has 0 saturated carbocycles. The van der Waals surface area contributed by atoms with Crippen molar-refractivity contribution in [2.24, 2.45) is 0 Å². The van der Waals surface area contributed by atoms with E-state index in [1.165, 1.54) is 0 Å². The molecule has 0 fully saturated rings. The van der Waals surface area contributed by atoms with Gasteiger partial charge in [0.1, 0.15) is 5.94 Å². The summed E-state index contributed by atoms with van der Waals surface area (Å²) in [5.41, 5.74) is 1.57. The van der Waals surface area contributed by atoms with Crippen molar-refractivity contribution in [2.45, 2.75) is 6.42 Å². The van der Waals surface area contributed by atoms with Crippen molar-refractivity contribution in [1.29, 1.82) is 0 Å². The van der Waals surface area contributed by atoms with Crippen molar-refractivity contribution < 1.29 is 4.79 Å². The number of allylic oxidation sites excluding steroid dienone is 4. The number of nitrogens with one attached hydrogen (secondary N) is 1. The molecule has 0 unspecified atom stereocenters. The summed E-state index contributed by atoms with van der Waals surface area (Å²) >= 11 is 0. The molecule has 10 heavy (non-hydrogen) atoms. The highest BCUT2D eigenvalue weighted by Gasteiger charge is 2.03. The minimum Gasteiger partial charge on any atom is -0.387 e. The summed E-state index contributed by atoms with van der Waals surface area (Å²) < 4.78 is 0. The van der Waals surface area contributed by atoms with Crippen molar-refractivity contribution in [3.8, 4) is 0 Å². The van der Waals surface area contributed by atoms with E-state index in [0.29, 0.717) is 12.0 Å². The molecule has 0 aromatic carbocycles. The van der Waals surface area contributed by atoms with E-state index in [9.17, 15) is 4.79 Å². The maximum atomic E-state index is 10.3.